The number of carbonyl (C=O) groups excluding carboxylic acids is 4. The van der Waals surface area contributed by atoms with Gasteiger partial charge in [0.25, 0.3) is 0 Å². The molecule has 10 atom stereocenters. The molecule has 0 aromatic rings. The van der Waals surface area contributed by atoms with Crippen LogP contribution in [0.15, 0.2) is 0 Å². The van der Waals surface area contributed by atoms with Crippen LogP contribution >= 0.6 is 0 Å². The lowest BCUT2D eigenvalue weighted by Crippen LogP contribution is -2.69. The van der Waals surface area contributed by atoms with E-state index in [2.05, 4.69) is 13.8 Å². The Morgan fingerprint density at radius 2 is 1.67 bits per heavy atom. The number of ether oxygens (including phenoxy) is 3. The first-order chi connectivity index (χ1) is 16.7. The molecule has 0 aromatic heterocycles. The predicted octanol–water partition coefficient (Wildman–Crippen LogP) is 3.51. The third kappa shape index (κ3) is 3.57. The Hall–Kier alpha value is -1.96. The van der Waals surface area contributed by atoms with E-state index in [1.54, 1.807) is 0 Å². The van der Waals surface area contributed by atoms with Crippen LogP contribution < -0.4 is 0 Å². The topological polar surface area (TPSA) is 116 Å². The van der Waals surface area contributed by atoms with Crippen LogP contribution in [0.25, 0.3) is 0 Å². The van der Waals surface area contributed by atoms with Gasteiger partial charge in [-0.1, -0.05) is 13.8 Å². The van der Waals surface area contributed by atoms with Crippen molar-refractivity contribution in [2.45, 2.75) is 116 Å². The summed E-state index contributed by atoms with van der Waals surface area (Å²) in [5.41, 5.74) is -2.97. The second-order valence-corrected chi connectivity index (χ2v) is 12.9. The second-order valence-electron chi connectivity index (χ2n) is 12.9. The molecule has 5 aliphatic rings. The fraction of sp³-hybridized carbons (Fsp3) is 0.857. The van der Waals surface area contributed by atoms with E-state index >= 15 is 0 Å². The zero-order valence-corrected chi connectivity index (χ0v) is 22.1. The SMILES string of the molecule is CC(=O)O[C@H]1C[C@H]2[C@@H]([C@H](OC(C)=O)C[C@]3(O)CC(=O)CC[C@]23C)[C@@H]2CC[C@H]([C@]3(C)CCC(=O)O3)[C@@]12C. The molecule has 0 radical (unpaired) electrons. The molecule has 4 aliphatic carbocycles. The van der Waals surface area contributed by atoms with Gasteiger partial charge in [-0.05, 0) is 50.9 Å². The molecule has 0 amide bonds. The summed E-state index contributed by atoms with van der Waals surface area (Å²) in [7, 11) is 0. The Morgan fingerprint density at radius 1 is 0.972 bits per heavy atom. The normalized spacial score (nSPS) is 49.9. The van der Waals surface area contributed by atoms with E-state index in [-0.39, 0.29) is 54.2 Å². The summed E-state index contributed by atoms with van der Waals surface area (Å²) in [6.07, 6.45) is 3.48. The van der Waals surface area contributed by atoms with Crippen molar-refractivity contribution in [3.63, 3.8) is 0 Å². The van der Waals surface area contributed by atoms with Crippen molar-refractivity contribution in [1.29, 1.82) is 0 Å². The zero-order chi connectivity index (χ0) is 26.3. The maximum Gasteiger partial charge on any atom is 0.306 e. The molecule has 1 heterocycles. The lowest BCUT2D eigenvalue weighted by Gasteiger charge is -2.66. The van der Waals surface area contributed by atoms with Crippen LogP contribution in [0.3, 0.4) is 0 Å². The Balaban J connectivity index is 1.61. The van der Waals surface area contributed by atoms with Gasteiger partial charge in [-0.3, -0.25) is 19.2 Å². The van der Waals surface area contributed by atoms with Crippen molar-refractivity contribution < 1.29 is 38.5 Å². The van der Waals surface area contributed by atoms with E-state index in [1.807, 2.05) is 6.92 Å². The molecule has 4 saturated carbocycles. The zero-order valence-electron chi connectivity index (χ0n) is 22.1. The number of hydrogen-bond acceptors (Lipinski definition) is 8. The van der Waals surface area contributed by atoms with Gasteiger partial charge in [0.1, 0.15) is 23.6 Å². The van der Waals surface area contributed by atoms with Crippen LogP contribution in [0.2, 0.25) is 0 Å². The number of cyclic esters (lactones) is 1. The number of fused-ring (bicyclic) bond motifs is 5. The Bertz CT molecular complexity index is 992. The standard InChI is InChI=1S/C28H40O8/c1-15(29)34-20-14-28(33)13-17(31)8-10-25(28,3)19-12-22(35-16(2)30)27(5)18(24(19)20)6-7-21(27)26(4)11-9-23(32)36-26/h18-22,24,33H,6-14H2,1-5H3/t18-,19-,20+,21+,22-,24-,25+,26-,27-,28+/m0/s1. The second kappa shape index (κ2) is 8.27. The number of aliphatic hydroxyl groups is 1. The lowest BCUT2D eigenvalue weighted by atomic mass is 9.41. The smallest absolute Gasteiger partial charge is 0.306 e. The first-order valence-electron chi connectivity index (χ1n) is 13.5. The molecule has 8 heteroatoms. The summed E-state index contributed by atoms with van der Waals surface area (Å²) in [4.78, 5) is 49.3. The maximum absolute atomic E-state index is 12.5. The van der Waals surface area contributed by atoms with Gasteiger partial charge in [0.05, 0.1) is 5.60 Å². The lowest BCUT2D eigenvalue weighted by molar-refractivity contribution is -0.261. The minimum absolute atomic E-state index is 0.00808. The molecule has 1 aliphatic heterocycles. The number of esters is 3. The molecule has 5 fully saturated rings. The highest BCUT2D eigenvalue weighted by Gasteiger charge is 2.72. The molecular formula is C28H40O8. The van der Waals surface area contributed by atoms with Gasteiger partial charge >= 0.3 is 17.9 Å². The summed E-state index contributed by atoms with van der Waals surface area (Å²) >= 11 is 0. The average Bonchev–Trinajstić information content (AvgIpc) is 3.29. The minimum Gasteiger partial charge on any atom is -0.462 e. The summed E-state index contributed by atoms with van der Waals surface area (Å²) in [5.74, 6) is -1.02. The monoisotopic (exact) mass is 504 g/mol. The fourth-order valence-electron chi connectivity index (χ4n) is 9.60. The number of carbonyl (C=O) groups is 4. The van der Waals surface area contributed by atoms with Crippen molar-refractivity contribution in [1.82, 2.24) is 0 Å². The van der Waals surface area contributed by atoms with Crippen LogP contribution in [0.1, 0.15) is 92.4 Å². The molecule has 1 saturated heterocycles. The highest BCUT2D eigenvalue weighted by atomic mass is 16.6. The third-order valence-electron chi connectivity index (χ3n) is 11.2. The van der Waals surface area contributed by atoms with Gasteiger partial charge in [0.2, 0.25) is 0 Å². The van der Waals surface area contributed by atoms with Gasteiger partial charge in [-0.25, -0.2) is 0 Å². The van der Waals surface area contributed by atoms with Crippen molar-refractivity contribution in [2.75, 3.05) is 0 Å². The Kier molecular flexibility index (Phi) is 5.90. The largest absolute Gasteiger partial charge is 0.462 e. The molecule has 5 rings (SSSR count). The van der Waals surface area contributed by atoms with Crippen molar-refractivity contribution in [2.24, 2.45) is 34.5 Å². The number of ketones is 1. The van der Waals surface area contributed by atoms with E-state index in [4.69, 9.17) is 14.2 Å². The van der Waals surface area contributed by atoms with Crippen LogP contribution in [-0.2, 0) is 33.4 Å². The van der Waals surface area contributed by atoms with Gasteiger partial charge in [0, 0.05) is 62.2 Å². The van der Waals surface area contributed by atoms with Crippen LogP contribution in [-0.4, -0.2) is 52.2 Å². The van der Waals surface area contributed by atoms with E-state index in [1.165, 1.54) is 13.8 Å². The van der Waals surface area contributed by atoms with E-state index in [0.717, 1.165) is 12.8 Å². The quantitative estimate of drug-likeness (QED) is 0.459. The van der Waals surface area contributed by atoms with E-state index in [0.29, 0.717) is 32.1 Å². The van der Waals surface area contributed by atoms with E-state index in [9.17, 15) is 24.3 Å². The first kappa shape index (κ1) is 25.7. The minimum atomic E-state index is -1.27. The fourth-order valence-corrected chi connectivity index (χ4v) is 9.60. The summed E-state index contributed by atoms with van der Waals surface area (Å²) in [6.45, 7) is 9.05. The molecular weight excluding hydrogens is 464 g/mol. The molecule has 36 heavy (non-hydrogen) atoms. The van der Waals surface area contributed by atoms with Crippen LogP contribution in [0, 0.1) is 34.5 Å². The number of Topliss-reactive ketones (excluding diaryl/α,β-unsaturated/α-hetero) is 1. The molecule has 0 unspecified atom stereocenters. The molecule has 1 N–H and O–H groups in total. The summed E-state index contributed by atoms with van der Waals surface area (Å²) in [6, 6.07) is 0. The number of rotatable bonds is 3. The van der Waals surface area contributed by atoms with Crippen molar-refractivity contribution in [3.05, 3.63) is 0 Å². The van der Waals surface area contributed by atoms with Crippen LogP contribution in [0.4, 0.5) is 0 Å². The molecule has 0 bridgehead atoms. The summed E-state index contributed by atoms with van der Waals surface area (Å²) < 4.78 is 17.9. The average molecular weight is 505 g/mol. The first-order valence-corrected chi connectivity index (χ1v) is 13.5. The van der Waals surface area contributed by atoms with Crippen LogP contribution in [0.5, 0.6) is 0 Å². The van der Waals surface area contributed by atoms with E-state index < -0.39 is 40.2 Å². The molecule has 0 spiro atoms. The van der Waals surface area contributed by atoms with Gasteiger partial charge in [0.15, 0.2) is 0 Å². The maximum atomic E-state index is 12.5. The molecule has 8 nitrogen and oxygen atoms in total. The van der Waals surface area contributed by atoms with Crippen molar-refractivity contribution >= 4 is 23.7 Å². The predicted molar refractivity (Wildman–Crippen MR) is 127 cm³/mol. The van der Waals surface area contributed by atoms with Gasteiger partial charge in [-0.2, -0.15) is 0 Å². The van der Waals surface area contributed by atoms with Crippen molar-refractivity contribution in [3.8, 4) is 0 Å². The summed E-state index contributed by atoms with van der Waals surface area (Å²) in [5, 5.41) is 11.9. The third-order valence-corrected chi connectivity index (χ3v) is 11.2. The number of hydrogen-bond donors (Lipinski definition) is 1. The Labute approximate surface area is 212 Å². The molecule has 0 aromatic carbocycles. The highest BCUT2D eigenvalue weighted by molar-refractivity contribution is 5.81. The van der Waals surface area contributed by atoms with Gasteiger partial charge in [-0.15, -0.1) is 0 Å². The Morgan fingerprint density at radius 3 is 2.28 bits per heavy atom. The highest BCUT2D eigenvalue weighted by Crippen LogP contribution is 2.70. The van der Waals surface area contributed by atoms with Gasteiger partial charge < -0.3 is 19.3 Å². The molecule has 200 valence electrons.